The van der Waals surface area contributed by atoms with Gasteiger partial charge in [0.1, 0.15) is 0 Å². The average Bonchev–Trinajstić information content (AvgIpc) is 2.17. The van der Waals surface area contributed by atoms with E-state index in [0.29, 0.717) is 11.1 Å². The van der Waals surface area contributed by atoms with E-state index in [1.165, 1.54) is 7.11 Å². The van der Waals surface area contributed by atoms with Gasteiger partial charge in [-0.1, -0.05) is 0 Å². The lowest BCUT2D eigenvalue weighted by Crippen LogP contribution is -2.05. The van der Waals surface area contributed by atoms with E-state index in [9.17, 15) is 9.59 Å². The van der Waals surface area contributed by atoms with Crippen LogP contribution < -0.4 is 0 Å². The Morgan fingerprint density at radius 1 is 1.36 bits per heavy atom. The van der Waals surface area contributed by atoms with Crippen LogP contribution in [0, 0.1) is 0 Å². The van der Waals surface area contributed by atoms with Crippen molar-refractivity contribution >= 4 is 11.9 Å². The molecule has 0 spiro atoms. The fourth-order valence-corrected chi connectivity index (χ4v) is 0.810. The van der Waals surface area contributed by atoms with E-state index < -0.39 is 11.9 Å². The Morgan fingerprint density at radius 2 is 2.00 bits per heavy atom. The highest BCUT2D eigenvalue weighted by Gasteiger charge is 2.29. The zero-order valence-electron chi connectivity index (χ0n) is 6.34. The Morgan fingerprint density at radius 3 is 2.36 bits per heavy atom. The van der Waals surface area contributed by atoms with Gasteiger partial charge in [-0.25, -0.2) is 9.59 Å². The summed E-state index contributed by atoms with van der Waals surface area (Å²) in [6.45, 7) is 1.68. The number of hydrogen-bond acceptors (Lipinski definition) is 4. The minimum absolute atomic E-state index is 0.135. The first-order valence-electron chi connectivity index (χ1n) is 3.12. The molecule has 0 radical (unpaired) electrons. The SMILES string of the molecule is COCC1=C(C)C(=O)OC1=O. The molecule has 0 saturated heterocycles. The van der Waals surface area contributed by atoms with Crippen LogP contribution in [-0.2, 0) is 19.1 Å². The molecule has 1 heterocycles. The molecule has 0 fully saturated rings. The number of methoxy groups -OCH3 is 1. The van der Waals surface area contributed by atoms with E-state index >= 15 is 0 Å². The standard InChI is InChI=1S/C7H8O4/c1-4-5(3-10-2)7(9)11-6(4)8/h3H2,1-2H3. The summed E-state index contributed by atoms with van der Waals surface area (Å²) in [6, 6.07) is 0. The Kier molecular flexibility index (Phi) is 2.05. The van der Waals surface area contributed by atoms with Crippen LogP contribution in [0.1, 0.15) is 6.92 Å². The van der Waals surface area contributed by atoms with Gasteiger partial charge in [-0.2, -0.15) is 0 Å². The van der Waals surface area contributed by atoms with Gasteiger partial charge in [-0.3, -0.25) is 0 Å². The van der Waals surface area contributed by atoms with Gasteiger partial charge in [0, 0.05) is 12.7 Å². The van der Waals surface area contributed by atoms with Crippen LogP contribution in [0.5, 0.6) is 0 Å². The first-order chi connectivity index (χ1) is 5.16. The summed E-state index contributed by atoms with van der Waals surface area (Å²) in [6.07, 6.45) is 0. The predicted octanol–water partition coefficient (Wildman–Crippen LogP) is 0.0327. The van der Waals surface area contributed by atoms with Crippen LogP contribution in [0.4, 0.5) is 0 Å². The maximum absolute atomic E-state index is 10.8. The maximum atomic E-state index is 10.8. The summed E-state index contributed by atoms with van der Waals surface area (Å²) in [7, 11) is 1.45. The molecule has 0 saturated carbocycles. The molecular formula is C7H8O4. The van der Waals surface area contributed by atoms with Gasteiger partial charge < -0.3 is 9.47 Å². The van der Waals surface area contributed by atoms with Crippen molar-refractivity contribution in [2.75, 3.05) is 13.7 Å². The van der Waals surface area contributed by atoms with Crippen LogP contribution in [0.3, 0.4) is 0 Å². The van der Waals surface area contributed by atoms with Crippen molar-refractivity contribution in [3.63, 3.8) is 0 Å². The monoisotopic (exact) mass is 156 g/mol. The fourth-order valence-electron chi connectivity index (χ4n) is 0.810. The minimum atomic E-state index is -0.589. The molecule has 0 aromatic rings. The van der Waals surface area contributed by atoms with E-state index in [-0.39, 0.29) is 6.61 Å². The average molecular weight is 156 g/mol. The van der Waals surface area contributed by atoms with Crippen molar-refractivity contribution < 1.29 is 19.1 Å². The van der Waals surface area contributed by atoms with Crippen molar-refractivity contribution in [1.82, 2.24) is 0 Å². The number of ether oxygens (including phenoxy) is 2. The molecule has 1 rings (SSSR count). The van der Waals surface area contributed by atoms with E-state index in [4.69, 9.17) is 4.74 Å². The van der Waals surface area contributed by atoms with Crippen LogP contribution in [-0.4, -0.2) is 25.7 Å². The molecule has 0 unspecified atom stereocenters. The Labute approximate surface area is 63.8 Å². The Balaban J connectivity index is 2.87. The molecule has 0 amide bonds. The number of carbonyl (C=O) groups excluding carboxylic acids is 2. The largest absolute Gasteiger partial charge is 0.386 e. The van der Waals surface area contributed by atoms with Gasteiger partial charge in [-0.05, 0) is 6.92 Å². The molecule has 0 atom stereocenters. The summed E-state index contributed by atoms with van der Waals surface area (Å²) in [5.41, 5.74) is 0.661. The third kappa shape index (κ3) is 1.30. The highest BCUT2D eigenvalue weighted by atomic mass is 16.6. The van der Waals surface area contributed by atoms with Crippen LogP contribution in [0.25, 0.3) is 0 Å². The Hall–Kier alpha value is -1.16. The predicted molar refractivity (Wildman–Crippen MR) is 35.7 cm³/mol. The zero-order chi connectivity index (χ0) is 8.43. The molecule has 4 heteroatoms. The van der Waals surface area contributed by atoms with Gasteiger partial charge in [0.25, 0.3) is 0 Å². The van der Waals surface area contributed by atoms with Gasteiger partial charge in [0.05, 0.1) is 12.2 Å². The van der Waals surface area contributed by atoms with Gasteiger partial charge >= 0.3 is 11.9 Å². The number of hydrogen-bond donors (Lipinski definition) is 0. The molecule has 0 aliphatic carbocycles. The van der Waals surface area contributed by atoms with Crippen molar-refractivity contribution in [2.45, 2.75) is 6.92 Å². The van der Waals surface area contributed by atoms with Crippen molar-refractivity contribution in [3.05, 3.63) is 11.1 Å². The van der Waals surface area contributed by atoms with E-state index in [1.807, 2.05) is 0 Å². The normalized spacial score (nSPS) is 17.6. The summed E-state index contributed by atoms with van der Waals surface area (Å²) in [5.74, 6) is -1.16. The summed E-state index contributed by atoms with van der Waals surface area (Å²) < 4.78 is 9.01. The van der Waals surface area contributed by atoms with E-state index in [2.05, 4.69) is 4.74 Å². The third-order valence-electron chi connectivity index (χ3n) is 1.48. The molecule has 0 bridgehead atoms. The van der Waals surface area contributed by atoms with E-state index in [1.54, 1.807) is 6.92 Å². The second-order valence-corrected chi connectivity index (χ2v) is 2.21. The molecule has 4 nitrogen and oxygen atoms in total. The van der Waals surface area contributed by atoms with Gasteiger partial charge in [-0.15, -0.1) is 0 Å². The minimum Gasteiger partial charge on any atom is -0.386 e. The molecule has 0 aromatic carbocycles. The molecule has 60 valence electrons. The maximum Gasteiger partial charge on any atom is 0.344 e. The number of cyclic esters (lactones) is 2. The van der Waals surface area contributed by atoms with Crippen LogP contribution in [0.15, 0.2) is 11.1 Å². The van der Waals surface area contributed by atoms with Crippen molar-refractivity contribution in [2.24, 2.45) is 0 Å². The second-order valence-electron chi connectivity index (χ2n) is 2.21. The van der Waals surface area contributed by atoms with Crippen molar-refractivity contribution in [1.29, 1.82) is 0 Å². The van der Waals surface area contributed by atoms with Gasteiger partial charge in [0.2, 0.25) is 0 Å². The molecule has 0 N–H and O–H groups in total. The molecule has 1 aliphatic rings. The zero-order valence-corrected chi connectivity index (χ0v) is 6.34. The van der Waals surface area contributed by atoms with Crippen molar-refractivity contribution in [3.8, 4) is 0 Å². The quantitative estimate of drug-likeness (QED) is 0.418. The first kappa shape index (κ1) is 7.94. The first-order valence-corrected chi connectivity index (χ1v) is 3.12. The third-order valence-corrected chi connectivity index (χ3v) is 1.48. The second kappa shape index (κ2) is 2.84. The van der Waals surface area contributed by atoms with Crippen LogP contribution >= 0.6 is 0 Å². The Bertz CT molecular complexity index is 239. The number of rotatable bonds is 2. The topological polar surface area (TPSA) is 52.6 Å². The lowest BCUT2D eigenvalue weighted by molar-refractivity contribution is -0.151. The highest BCUT2D eigenvalue weighted by Crippen LogP contribution is 2.16. The molecule has 11 heavy (non-hydrogen) atoms. The smallest absolute Gasteiger partial charge is 0.344 e. The fraction of sp³-hybridized carbons (Fsp3) is 0.429. The van der Waals surface area contributed by atoms with E-state index in [0.717, 1.165) is 0 Å². The molecule has 1 aliphatic heterocycles. The summed E-state index contributed by atoms with van der Waals surface area (Å²) >= 11 is 0. The van der Waals surface area contributed by atoms with Crippen LogP contribution in [0.2, 0.25) is 0 Å². The molecular weight excluding hydrogens is 148 g/mol. The van der Waals surface area contributed by atoms with Gasteiger partial charge in [0.15, 0.2) is 0 Å². The summed E-state index contributed by atoms with van der Waals surface area (Å²) in [4.78, 5) is 21.5. The molecule has 0 aromatic heterocycles. The lowest BCUT2D eigenvalue weighted by atomic mass is 10.2. The number of carbonyl (C=O) groups is 2. The number of esters is 2. The highest BCUT2D eigenvalue weighted by molar-refractivity contribution is 6.12. The lowest BCUT2D eigenvalue weighted by Gasteiger charge is -1.94. The summed E-state index contributed by atoms with van der Waals surface area (Å²) in [5, 5.41) is 0.